The monoisotopic (exact) mass is 292 g/mol. The lowest BCUT2D eigenvalue weighted by Crippen LogP contribution is -2.43. The molecule has 2 heterocycles. The molecule has 0 saturated heterocycles. The van der Waals surface area contributed by atoms with Gasteiger partial charge < -0.3 is 14.2 Å². The van der Waals surface area contributed by atoms with Gasteiger partial charge >= 0.3 is 11.9 Å². The lowest BCUT2D eigenvalue weighted by Gasteiger charge is -2.29. The van der Waals surface area contributed by atoms with Gasteiger partial charge in [-0.3, -0.25) is 4.79 Å². The molecule has 0 radical (unpaired) electrons. The summed E-state index contributed by atoms with van der Waals surface area (Å²) in [6.07, 6.45) is 6.28. The van der Waals surface area contributed by atoms with Crippen LogP contribution in [-0.4, -0.2) is 42.2 Å². The zero-order chi connectivity index (χ0) is 15.3. The van der Waals surface area contributed by atoms with E-state index in [1.165, 1.54) is 25.8 Å². The minimum atomic E-state index is -1.09. The zero-order valence-corrected chi connectivity index (χ0v) is 11.9. The van der Waals surface area contributed by atoms with Crippen molar-refractivity contribution in [2.45, 2.75) is 18.8 Å². The van der Waals surface area contributed by atoms with Crippen molar-refractivity contribution in [2.75, 3.05) is 20.3 Å². The van der Waals surface area contributed by atoms with E-state index in [1.807, 2.05) is 0 Å². The molecule has 1 atom stereocenters. The molecule has 7 heteroatoms. The maximum absolute atomic E-state index is 12.1. The van der Waals surface area contributed by atoms with E-state index in [1.54, 1.807) is 13.0 Å². The van der Waals surface area contributed by atoms with Crippen molar-refractivity contribution in [3.63, 3.8) is 0 Å². The van der Waals surface area contributed by atoms with Crippen LogP contribution in [0.25, 0.3) is 0 Å². The standard InChI is InChI=1S/C14H16N2O5/c1-3-21-11(17)10-7-15-12(16-8-10)14(13(18)19-2)5-4-6-20-9-14/h4,6-8H,3,5,9H2,1-2H3. The summed E-state index contributed by atoms with van der Waals surface area (Å²) in [6.45, 7) is 2.07. The Bertz CT molecular complexity index is 555. The Hall–Kier alpha value is -2.44. The second-order valence-corrected chi connectivity index (χ2v) is 4.48. The summed E-state index contributed by atoms with van der Waals surface area (Å²) in [5.74, 6) is -0.724. The predicted octanol–water partition coefficient (Wildman–Crippen LogP) is 0.998. The van der Waals surface area contributed by atoms with Crippen molar-refractivity contribution in [3.05, 3.63) is 36.1 Å². The van der Waals surface area contributed by atoms with Crippen LogP contribution in [0.4, 0.5) is 0 Å². The molecule has 0 saturated carbocycles. The molecule has 1 unspecified atom stereocenters. The van der Waals surface area contributed by atoms with E-state index in [-0.39, 0.29) is 24.6 Å². The van der Waals surface area contributed by atoms with E-state index in [0.717, 1.165) is 0 Å². The molecule has 0 spiro atoms. The third-order valence-corrected chi connectivity index (χ3v) is 3.16. The minimum absolute atomic E-state index is 0.0922. The summed E-state index contributed by atoms with van der Waals surface area (Å²) >= 11 is 0. The van der Waals surface area contributed by atoms with Crippen molar-refractivity contribution in [1.82, 2.24) is 9.97 Å². The molecule has 1 aliphatic heterocycles. The van der Waals surface area contributed by atoms with Gasteiger partial charge in [0.1, 0.15) is 12.4 Å². The quantitative estimate of drug-likeness (QED) is 0.765. The van der Waals surface area contributed by atoms with Crippen LogP contribution in [0.5, 0.6) is 0 Å². The van der Waals surface area contributed by atoms with Crippen LogP contribution in [0.15, 0.2) is 24.7 Å². The van der Waals surface area contributed by atoms with Gasteiger partial charge in [0.2, 0.25) is 0 Å². The molecule has 1 aromatic rings. The third kappa shape index (κ3) is 2.86. The fourth-order valence-corrected chi connectivity index (χ4v) is 2.05. The SMILES string of the molecule is CCOC(=O)c1cnc(C2(C(=O)OC)CC=COC2)nc1. The van der Waals surface area contributed by atoms with Crippen LogP contribution in [-0.2, 0) is 24.4 Å². The molecule has 7 nitrogen and oxygen atoms in total. The highest BCUT2D eigenvalue weighted by atomic mass is 16.5. The number of ether oxygens (including phenoxy) is 3. The number of methoxy groups -OCH3 is 1. The maximum Gasteiger partial charge on any atom is 0.341 e. The van der Waals surface area contributed by atoms with Gasteiger partial charge in [0.05, 0.1) is 25.5 Å². The lowest BCUT2D eigenvalue weighted by atomic mass is 9.83. The number of carbonyl (C=O) groups is 2. The minimum Gasteiger partial charge on any atom is -0.500 e. The third-order valence-electron chi connectivity index (χ3n) is 3.16. The number of carbonyl (C=O) groups excluding carboxylic acids is 2. The molecule has 0 amide bonds. The van der Waals surface area contributed by atoms with E-state index in [2.05, 4.69) is 9.97 Å². The molecule has 1 aromatic heterocycles. The molecular formula is C14H16N2O5. The number of esters is 2. The Balaban J connectivity index is 2.32. The average Bonchev–Trinajstić information content (AvgIpc) is 2.55. The van der Waals surface area contributed by atoms with Gasteiger partial charge in [0.25, 0.3) is 0 Å². The van der Waals surface area contributed by atoms with Gasteiger partial charge in [-0.1, -0.05) is 0 Å². The van der Waals surface area contributed by atoms with Gasteiger partial charge in [0.15, 0.2) is 5.41 Å². The molecule has 0 N–H and O–H groups in total. The summed E-state index contributed by atoms with van der Waals surface area (Å²) in [7, 11) is 1.30. The molecule has 0 bridgehead atoms. The number of allylic oxidation sites excluding steroid dienone is 1. The Labute approximate surface area is 121 Å². The molecule has 0 fully saturated rings. The summed E-state index contributed by atoms with van der Waals surface area (Å²) < 4.78 is 14.9. The summed E-state index contributed by atoms with van der Waals surface area (Å²) in [5, 5.41) is 0. The lowest BCUT2D eigenvalue weighted by molar-refractivity contribution is -0.150. The highest BCUT2D eigenvalue weighted by Gasteiger charge is 2.45. The average molecular weight is 292 g/mol. The summed E-state index contributed by atoms with van der Waals surface area (Å²) in [6, 6.07) is 0. The van der Waals surface area contributed by atoms with Crippen molar-refractivity contribution in [3.8, 4) is 0 Å². The number of aromatic nitrogens is 2. The van der Waals surface area contributed by atoms with E-state index >= 15 is 0 Å². The highest BCUT2D eigenvalue weighted by molar-refractivity contribution is 5.88. The second kappa shape index (κ2) is 6.34. The normalized spacial score (nSPS) is 20.5. The Morgan fingerprint density at radius 3 is 2.62 bits per heavy atom. The first-order chi connectivity index (χ1) is 10.1. The maximum atomic E-state index is 12.1. The predicted molar refractivity (Wildman–Crippen MR) is 71.4 cm³/mol. The number of nitrogens with zero attached hydrogens (tertiary/aromatic N) is 2. The van der Waals surface area contributed by atoms with Gasteiger partial charge in [0, 0.05) is 12.4 Å². The highest BCUT2D eigenvalue weighted by Crippen LogP contribution is 2.30. The van der Waals surface area contributed by atoms with Crippen LogP contribution in [0.3, 0.4) is 0 Å². The molecule has 112 valence electrons. The van der Waals surface area contributed by atoms with E-state index < -0.39 is 17.4 Å². The van der Waals surface area contributed by atoms with E-state index in [9.17, 15) is 9.59 Å². The van der Waals surface area contributed by atoms with Crippen LogP contribution < -0.4 is 0 Å². The summed E-state index contributed by atoms with van der Waals surface area (Å²) in [5.41, 5.74) is -0.857. The largest absolute Gasteiger partial charge is 0.500 e. The number of rotatable bonds is 4. The zero-order valence-electron chi connectivity index (χ0n) is 11.9. The molecule has 0 aromatic carbocycles. The molecule has 2 rings (SSSR count). The molecule has 0 aliphatic carbocycles. The van der Waals surface area contributed by atoms with Crippen molar-refractivity contribution in [2.24, 2.45) is 0 Å². The van der Waals surface area contributed by atoms with Gasteiger partial charge in [-0.05, 0) is 19.4 Å². The smallest absolute Gasteiger partial charge is 0.341 e. The van der Waals surface area contributed by atoms with Crippen LogP contribution in [0, 0.1) is 0 Å². The van der Waals surface area contributed by atoms with Crippen molar-refractivity contribution < 1.29 is 23.8 Å². The van der Waals surface area contributed by atoms with E-state index in [4.69, 9.17) is 14.2 Å². The first-order valence-electron chi connectivity index (χ1n) is 6.48. The first-order valence-corrected chi connectivity index (χ1v) is 6.48. The van der Waals surface area contributed by atoms with Gasteiger partial charge in [-0.25, -0.2) is 14.8 Å². The number of hydrogen-bond donors (Lipinski definition) is 0. The Morgan fingerprint density at radius 1 is 1.38 bits per heavy atom. The fourth-order valence-electron chi connectivity index (χ4n) is 2.05. The van der Waals surface area contributed by atoms with E-state index in [0.29, 0.717) is 6.42 Å². The Kier molecular flexibility index (Phi) is 4.52. The van der Waals surface area contributed by atoms with Crippen LogP contribution in [0.1, 0.15) is 29.5 Å². The Morgan fingerprint density at radius 2 is 2.10 bits per heavy atom. The van der Waals surface area contributed by atoms with Crippen molar-refractivity contribution in [1.29, 1.82) is 0 Å². The molecule has 1 aliphatic rings. The molecular weight excluding hydrogens is 276 g/mol. The first kappa shape index (κ1) is 15.0. The second-order valence-electron chi connectivity index (χ2n) is 4.48. The van der Waals surface area contributed by atoms with Crippen molar-refractivity contribution >= 4 is 11.9 Å². The van der Waals surface area contributed by atoms with Crippen LogP contribution in [0.2, 0.25) is 0 Å². The molecule has 21 heavy (non-hydrogen) atoms. The van der Waals surface area contributed by atoms with Gasteiger partial charge in [-0.15, -0.1) is 0 Å². The fraction of sp³-hybridized carbons (Fsp3) is 0.429. The summed E-state index contributed by atoms with van der Waals surface area (Å²) in [4.78, 5) is 31.9. The van der Waals surface area contributed by atoms with Gasteiger partial charge in [-0.2, -0.15) is 0 Å². The number of hydrogen-bond acceptors (Lipinski definition) is 7. The topological polar surface area (TPSA) is 87.6 Å². The van der Waals surface area contributed by atoms with Crippen LogP contribution >= 0.6 is 0 Å².